The molecule has 0 aromatic heterocycles. The highest BCUT2D eigenvalue weighted by Gasteiger charge is 2.29. The Bertz CT molecular complexity index is 563. The Morgan fingerprint density at radius 1 is 1.17 bits per heavy atom. The van der Waals surface area contributed by atoms with Crippen molar-refractivity contribution in [3.63, 3.8) is 0 Å². The van der Waals surface area contributed by atoms with E-state index in [-0.39, 0.29) is 0 Å². The van der Waals surface area contributed by atoms with E-state index in [4.69, 9.17) is 0 Å². The smallest absolute Gasteiger partial charge is 0.223 e. The topological polar surface area (TPSA) is 32.3 Å². The molecule has 3 nitrogen and oxygen atoms in total. The van der Waals surface area contributed by atoms with E-state index in [9.17, 15) is 4.79 Å². The van der Waals surface area contributed by atoms with Crippen LogP contribution in [-0.4, -0.2) is 30.4 Å². The van der Waals surface area contributed by atoms with Gasteiger partial charge in [-0.3, -0.25) is 4.79 Å². The number of hydrogen-bond acceptors (Lipinski definition) is 2. The van der Waals surface area contributed by atoms with E-state index in [1.807, 2.05) is 0 Å². The van der Waals surface area contributed by atoms with Gasteiger partial charge in [-0.15, -0.1) is 0 Å². The van der Waals surface area contributed by atoms with Gasteiger partial charge in [-0.1, -0.05) is 18.2 Å². The molecule has 0 bridgehead atoms. The molecule has 2 heterocycles. The molecule has 1 N–H and O–H groups in total. The number of rotatable bonds is 4. The number of amides is 1. The second-order valence-corrected chi connectivity index (χ2v) is 7.62. The molecule has 132 valence electrons. The number of hydrogen-bond donors (Lipinski definition) is 1. The minimum absolute atomic E-state index is 0.291. The number of aryl methyl sites for hydroxylation is 1. The highest BCUT2D eigenvalue weighted by atomic mass is 16.2. The fourth-order valence-corrected chi connectivity index (χ4v) is 4.33. The second kappa shape index (κ2) is 8.15. The van der Waals surface area contributed by atoms with Gasteiger partial charge < -0.3 is 10.2 Å². The van der Waals surface area contributed by atoms with E-state index in [1.165, 1.54) is 36.0 Å². The van der Waals surface area contributed by atoms with E-state index >= 15 is 0 Å². The van der Waals surface area contributed by atoms with Crippen molar-refractivity contribution < 1.29 is 4.79 Å². The van der Waals surface area contributed by atoms with Gasteiger partial charge in [0.2, 0.25) is 5.91 Å². The number of nitrogens with one attached hydrogen (secondary N) is 1. The molecule has 0 spiro atoms. The minimum Gasteiger partial charge on any atom is -0.336 e. The third-order valence-corrected chi connectivity index (χ3v) is 6.05. The zero-order valence-corrected chi connectivity index (χ0v) is 15.3. The van der Waals surface area contributed by atoms with Gasteiger partial charge in [0.05, 0.1) is 6.04 Å². The molecule has 3 rings (SSSR count). The Morgan fingerprint density at radius 3 is 2.75 bits per heavy atom. The Balaban J connectivity index is 1.67. The largest absolute Gasteiger partial charge is 0.336 e. The van der Waals surface area contributed by atoms with Crippen LogP contribution in [0.15, 0.2) is 18.2 Å². The van der Waals surface area contributed by atoms with E-state index in [1.54, 1.807) is 0 Å². The molecule has 1 aromatic carbocycles. The lowest BCUT2D eigenvalue weighted by molar-refractivity contribution is -0.135. The van der Waals surface area contributed by atoms with Crippen LogP contribution in [0.2, 0.25) is 0 Å². The van der Waals surface area contributed by atoms with Crippen molar-refractivity contribution in [2.75, 3.05) is 19.6 Å². The lowest BCUT2D eigenvalue weighted by atomic mass is 9.89. The highest BCUT2D eigenvalue weighted by molar-refractivity contribution is 5.77. The normalized spacial score (nSPS) is 22.6. The van der Waals surface area contributed by atoms with Crippen LogP contribution in [0.25, 0.3) is 0 Å². The molecule has 24 heavy (non-hydrogen) atoms. The van der Waals surface area contributed by atoms with Gasteiger partial charge in [0.1, 0.15) is 0 Å². The number of carbonyl (C=O) groups is 1. The summed E-state index contributed by atoms with van der Waals surface area (Å²) in [5.74, 6) is 1.11. The summed E-state index contributed by atoms with van der Waals surface area (Å²) in [7, 11) is 0. The Kier molecular flexibility index (Phi) is 5.94. The molecule has 0 saturated carbocycles. The maximum atomic E-state index is 12.9. The zero-order chi connectivity index (χ0) is 16.9. The van der Waals surface area contributed by atoms with Gasteiger partial charge in [0.25, 0.3) is 0 Å². The summed E-state index contributed by atoms with van der Waals surface area (Å²) in [6.07, 6.45) is 7.75. The van der Waals surface area contributed by atoms with Gasteiger partial charge in [-0.2, -0.15) is 0 Å². The maximum absolute atomic E-state index is 12.9. The van der Waals surface area contributed by atoms with E-state index in [0.29, 0.717) is 11.9 Å². The van der Waals surface area contributed by atoms with Crippen molar-refractivity contribution in [2.45, 2.75) is 64.8 Å². The van der Waals surface area contributed by atoms with Crippen molar-refractivity contribution in [3.8, 4) is 0 Å². The summed E-state index contributed by atoms with van der Waals surface area (Å²) in [6.45, 7) is 7.55. The molecule has 1 aromatic rings. The standard InChI is InChI=1S/C21H32N2O/c1-16-6-5-7-19(17(16)2)20-8-3-4-15-23(20)21(24)10-9-18-11-13-22-14-12-18/h5-7,18,20,22H,3-4,8-15H2,1-2H3. The number of piperidine rings is 2. The van der Waals surface area contributed by atoms with E-state index in [0.717, 1.165) is 51.2 Å². The predicted molar refractivity (Wildman–Crippen MR) is 99.0 cm³/mol. The van der Waals surface area contributed by atoms with E-state index in [2.05, 4.69) is 42.3 Å². The Hall–Kier alpha value is -1.35. The molecular weight excluding hydrogens is 296 g/mol. The first-order chi connectivity index (χ1) is 11.7. The van der Waals surface area contributed by atoms with Crippen LogP contribution in [0.3, 0.4) is 0 Å². The van der Waals surface area contributed by atoms with Crippen molar-refractivity contribution in [1.82, 2.24) is 10.2 Å². The molecule has 2 aliphatic heterocycles. The molecule has 1 amide bonds. The minimum atomic E-state index is 0.291. The van der Waals surface area contributed by atoms with Crippen molar-refractivity contribution >= 4 is 5.91 Å². The molecular formula is C21H32N2O. The summed E-state index contributed by atoms with van der Waals surface area (Å²) in [4.78, 5) is 15.1. The van der Waals surface area contributed by atoms with Crippen LogP contribution in [0.5, 0.6) is 0 Å². The second-order valence-electron chi connectivity index (χ2n) is 7.62. The molecule has 3 heteroatoms. The molecule has 2 fully saturated rings. The zero-order valence-electron chi connectivity index (χ0n) is 15.3. The number of likely N-dealkylation sites (tertiary alicyclic amines) is 1. The fraction of sp³-hybridized carbons (Fsp3) is 0.667. The van der Waals surface area contributed by atoms with Crippen LogP contribution in [0.4, 0.5) is 0 Å². The van der Waals surface area contributed by atoms with Crippen molar-refractivity contribution in [3.05, 3.63) is 34.9 Å². The van der Waals surface area contributed by atoms with Crippen LogP contribution in [0, 0.1) is 19.8 Å². The van der Waals surface area contributed by atoms with Crippen molar-refractivity contribution in [2.24, 2.45) is 5.92 Å². The summed E-state index contributed by atoms with van der Waals surface area (Å²) in [5, 5.41) is 3.41. The summed E-state index contributed by atoms with van der Waals surface area (Å²) < 4.78 is 0. The summed E-state index contributed by atoms with van der Waals surface area (Å²) in [6, 6.07) is 6.83. The summed E-state index contributed by atoms with van der Waals surface area (Å²) in [5.41, 5.74) is 4.06. The van der Waals surface area contributed by atoms with Gasteiger partial charge in [-0.05, 0) is 88.1 Å². The first kappa shape index (κ1) is 17.5. The number of benzene rings is 1. The highest BCUT2D eigenvalue weighted by Crippen LogP contribution is 2.34. The Labute approximate surface area is 146 Å². The molecule has 2 saturated heterocycles. The average molecular weight is 329 g/mol. The third kappa shape index (κ3) is 4.00. The number of carbonyl (C=O) groups excluding carboxylic acids is 1. The monoisotopic (exact) mass is 328 g/mol. The van der Waals surface area contributed by atoms with Crippen LogP contribution in [-0.2, 0) is 4.79 Å². The SMILES string of the molecule is Cc1cccc(C2CCCCN2C(=O)CCC2CCNCC2)c1C. The van der Waals surface area contributed by atoms with Crippen molar-refractivity contribution in [1.29, 1.82) is 0 Å². The first-order valence-electron chi connectivity index (χ1n) is 9.73. The average Bonchev–Trinajstić information content (AvgIpc) is 2.63. The predicted octanol–water partition coefficient (Wildman–Crippen LogP) is 4.14. The molecule has 0 radical (unpaired) electrons. The van der Waals surface area contributed by atoms with Gasteiger partial charge >= 0.3 is 0 Å². The quantitative estimate of drug-likeness (QED) is 0.901. The maximum Gasteiger partial charge on any atom is 0.223 e. The van der Waals surface area contributed by atoms with Crippen LogP contribution < -0.4 is 5.32 Å². The fourth-order valence-electron chi connectivity index (χ4n) is 4.33. The molecule has 0 aliphatic carbocycles. The van der Waals surface area contributed by atoms with Crippen LogP contribution in [0.1, 0.15) is 67.7 Å². The first-order valence-corrected chi connectivity index (χ1v) is 9.73. The Morgan fingerprint density at radius 2 is 1.96 bits per heavy atom. The van der Waals surface area contributed by atoms with E-state index < -0.39 is 0 Å². The molecule has 1 unspecified atom stereocenters. The lowest BCUT2D eigenvalue weighted by Gasteiger charge is -2.37. The third-order valence-electron chi connectivity index (χ3n) is 6.05. The number of nitrogens with zero attached hydrogens (tertiary/aromatic N) is 1. The molecule has 1 atom stereocenters. The van der Waals surface area contributed by atoms with Gasteiger partial charge in [0.15, 0.2) is 0 Å². The lowest BCUT2D eigenvalue weighted by Crippen LogP contribution is -2.39. The summed E-state index contributed by atoms with van der Waals surface area (Å²) >= 11 is 0. The van der Waals surface area contributed by atoms with Gasteiger partial charge in [-0.25, -0.2) is 0 Å². The van der Waals surface area contributed by atoms with Crippen LogP contribution >= 0.6 is 0 Å². The van der Waals surface area contributed by atoms with Gasteiger partial charge in [0, 0.05) is 13.0 Å². The molecule has 2 aliphatic rings.